The number of alkyl halides is 3. The van der Waals surface area contributed by atoms with Crippen molar-refractivity contribution in [3.8, 4) is 17.0 Å². The first-order chi connectivity index (χ1) is 9.74. The van der Waals surface area contributed by atoms with Gasteiger partial charge in [0.05, 0.1) is 27.7 Å². The largest absolute Gasteiger partial charge is 0.481 e. The van der Waals surface area contributed by atoms with E-state index in [2.05, 4.69) is 4.98 Å². The van der Waals surface area contributed by atoms with Gasteiger partial charge in [-0.05, 0) is 18.2 Å². The second-order valence-corrected chi connectivity index (χ2v) is 5.25. The Balaban J connectivity index is 2.70. The smallest absolute Gasteiger partial charge is 0.417 e. The predicted octanol–water partition coefficient (Wildman–Crippen LogP) is 5.74. The Labute approximate surface area is 133 Å². The third-order valence-corrected chi connectivity index (χ3v) is 3.71. The van der Waals surface area contributed by atoms with Crippen LogP contribution in [-0.4, -0.2) is 12.1 Å². The SMILES string of the molecule is COc1ncc(C(F)(F)F)cc1-c1cc(Cl)c(Cl)cc1Cl. The van der Waals surface area contributed by atoms with Crippen LogP contribution in [0.25, 0.3) is 11.1 Å². The van der Waals surface area contributed by atoms with E-state index in [0.29, 0.717) is 6.20 Å². The Morgan fingerprint density at radius 1 is 0.952 bits per heavy atom. The zero-order valence-corrected chi connectivity index (χ0v) is 12.7. The van der Waals surface area contributed by atoms with Crippen molar-refractivity contribution in [1.82, 2.24) is 4.98 Å². The van der Waals surface area contributed by atoms with Crippen LogP contribution in [0.1, 0.15) is 5.56 Å². The summed E-state index contributed by atoms with van der Waals surface area (Å²) in [6.45, 7) is 0. The molecule has 0 N–H and O–H groups in total. The molecule has 1 aromatic heterocycles. The Kier molecular flexibility index (Phi) is 4.56. The van der Waals surface area contributed by atoms with Crippen molar-refractivity contribution in [1.29, 1.82) is 0 Å². The highest BCUT2D eigenvalue weighted by atomic mass is 35.5. The van der Waals surface area contributed by atoms with Gasteiger partial charge in [-0.2, -0.15) is 13.2 Å². The molecule has 0 spiro atoms. The van der Waals surface area contributed by atoms with E-state index in [1.54, 1.807) is 0 Å². The molecule has 0 unspecified atom stereocenters. The van der Waals surface area contributed by atoms with Gasteiger partial charge in [-0.1, -0.05) is 34.8 Å². The highest BCUT2D eigenvalue weighted by molar-refractivity contribution is 6.44. The molecule has 2 aromatic rings. The topological polar surface area (TPSA) is 22.1 Å². The van der Waals surface area contributed by atoms with E-state index < -0.39 is 11.7 Å². The number of pyridine rings is 1. The zero-order chi connectivity index (χ0) is 15.8. The molecule has 0 amide bonds. The van der Waals surface area contributed by atoms with Crippen LogP contribution in [0.3, 0.4) is 0 Å². The Morgan fingerprint density at radius 3 is 2.14 bits per heavy atom. The van der Waals surface area contributed by atoms with Crippen LogP contribution in [0.5, 0.6) is 5.88 Å². The number of halogens is 6. The van der Waals surface area contributed by atoms with E-state index in [9.17, 15) is 13.2 Å². The molecule has 8 heteroatoms. The Hall–Kier alpha value is -1.17. The van der Waals surface area contributed by atoms with Crippen molar-refractivity contribution in [2.45, 2.75) is 6.18 Å². The Morgan fingerprint density at radius 2 is 1.57 bits per heavy atom. The number of benzene rings is 1. The van der Waals surface area contributed by atoms with E-state index in [1.165, 1.54) is 19.2 Å². The van der Waals surface area contributed by atoms with Crippen molar-refractivity contribution in [2.24, 2.45) is 0 Å². The molecule has 2 rings (SSSR count). The van der Waals surface area contributed by atoms with Gasteiger partial charge < -0.3 is 4.74 Å². The van der Waals surface area contributed by atoms with Gasteiger partial charge in [0.25, 0.3) is 0 Å². The van der Waals surface area contributed by atoms with Gasteiger partial charge in [0, 0.05) is 17.3 Å². The quantitative estimate of drug-likeness (QED) is 0.640. The van der Waals surface area contributed by atoms with Crippen LogP contribution < -0.4 is 4.74 Å². The summed E-state index contributed by atoms with van der Waals surface area (Å²) < 4.78 is 43.4. The number of hydrogen-bond acceptors (Lipinski definition) is 2. The molecule has 0 bridgehead atoms. The number of methoxy groups -OCH3 is 1. The molecule has 0 fully saturated rings. The molecule has 0 saturated carbocycles. The van der Waals surface area contributed by atoms with Crippen LogP contribution >= 0.6 is 34.8 Å². The average molecular weight is 357 g/mol. The molecule has 0 saturated heterocycles. The molecular formula is C13H7Cl3F3NO. The van der Waals surface area contributed by atoms with Gasteiger partial charge in [-0.25, -0.2) is 4.98 Å². The van der Waals surface area contributed by atoms with E-state index in [4.69, 9.17) is 39.5 Å². The first kappa shape index (κ1) is 16.2. The maximum Gasteiger partial charge on any atom is 0.417 e. The summed E-state index contributed by atoms with van der Waals surface area (Å²) in [7, 11) is 1.30. The number of nitrogens with zero attached hydrogens (tertiary/aromatic N) is 1. The molecule has 112 valence electrons. The monoisotopic (exact) mass is 355 g/mol. The van der Waals surface area contributed by atoms with Gasteiger partial charge in [0.1, 0.15) is 0 Å². The number of rotatable bonds is 2. The van der Waals surface area contributed by atoms with E-state index >= 15 is 0 Å². The Bertz CT molecular complexity index is 689. The lowest BCUT2D eigenvalue weighted by molar-refractivity contribution is -0.137. The minimum Gasteiger partial charge on any atom is -0.481 e. The van der Waals surface area contributed by atoms with Crippen LogP contribution in [0, 0.1) is 0 Å². The molecule has 0 aliphatic heterocycles. The van der Waals surface area contributed by atoms with Crippen LogP contribution in [0.2, 0.25) is 15.1 Å². The van der Waals surface area contributed by atoms with Crippen LogP contribution in [0.4, 0.5) is 13.2 Å². The second kappa shape index (κ2) is 5.91. The highest BCUT2D eigenvalue weighted by Gasteiger charge is 2.32. The zero-order valence-electron chi connectivity index (χ0n) is 10.4. The van der Waals surface area contributed by atoms with Crippen molar-refractivity contribution >= 4 is 34.8 Å². The minimum atomic E-state index is -4.53. The van der Waals surface area contributed by atoms with Gasteiger partial charge in [-0.15, -0.1) is 0 Å². The molecule has 0 atom stereocenters. The van der Waals surface area contributed by atoms with Gasteiger partial charge >= 0.3 is 6.18 Å². The van der Waals surface area contributed by atoms with Crippen LogP contribution in [-0.2, 0) is 6.18 Å². The lowest BCUT2D eigenvalue weighted by Crippen LogP contribution is -2.06. The summed E-state index contributed by atoms with van der Waals surface area (Å²) in [6.07, 6.45) is -3.84. The summed E-state index contributed by atoms with van der Waals surface area (Å²) in [4.78, 5) is 3.66. The van der Waals surface area contributed by atoms with E-state index in [1.807, 2.05) is 0 Å². The molecule has 1 aromatic carbocycles. The molecule has 1 heterocycles. The fraction of sp³-hybridized carbons (Fsp3) is 0.154. The molecule has 0 radical (unpaired) electrons. The maximum absolute atomic E-state index is 12.8. The minimum absolute atomic E-state index is 0.00305. The summed E-state index contributed by atoms with van der Waals surface area (Å²) in [5.41, 5.74) is -0.585. The molecule has 21 heavy (non-hydrogen) atoms. The van der Waals surface area contributed by atoms with Gasteiger partial charge in [0.15, 0.2) is 0 Å². The average Bonchev–Trinajstić information content (AvgIpc) is 2.41. The van der Waals surface area contributed by atoms with E-state index in [0.717, 1.165) is 6.07 Å². The molecule has 2 nitrogen and oxygen atoms in total. The highest BCUT2D eigenvalue weighted by Crippen LogP contribution is 2.40. The van der Waals surface area contributed by atoms with E-state index in [-0.39, 0.29) is 32.1 Å². The normalized spacial score (nSPS) is 11.6. The summed E-state index contributed by atoms with van der Waals surface area (Å²) >= 11 is 17.7. The van der Waals surface area contributed by atoms with Crippen molar-refractivity contribution in [3.63, 3.8) is 0 Å². The predicted molar refractivity (Wildman–Crippen MR) is 76.3 cm³/mol. The lowest BCUT2D eigenvalue weighted by Gasteiger charge is -2.13. The first-order valence-electron chi connectivity index (χ1n) is 5.50. The van der Waals surface area contributed by atoms with Crippen molar-refractivity contribution in [2.75, 3.05) is 7.11 Å². The molecule has 0 aliphatic rings. The summed E-state index contributed by atoms with van der Waals surface area (Å²) in [5, 5.41) is 0.503. The maximum atomic E-state index is 12.8. The summed E-state index contributed by atoms with van der Waals surface area (Å²) in [6, 6.07) is 3.61. The summed E-state index contributed by atoms with van der Waals surface area (Å²) in [5.74, 6) is 0.00305. The second-order valence-electron chi connectivity index (χ2n) is 4.02. The molecular weight excluding hydrogens is 350 g/mol. The number of ether oxygens (including phenoxy) is 1. The van der Waals surface area contributed by atoms with Crippen molar-refractivity contribution in [3.05, 3.63) is 45.0 Å². The first-order valence-corrected chi connectivity index (χ1v) is 6.63. The van der Waals surface area contributed by atoms with Gasteiger partial charge in [-0.3, -0.25) is 0 Å². The number of hydrogen-bond donors (Lipinski definition) is 0. The van der Waals surface area contributed by atoms with Crippen LogP contribution in [0.15, 0.2) is 24.4 Å². The van der Waals surface area contributed by atoms with Gasteiger partial charge in [0.2, 0.25) is 5.88 Å². The fourth-order valence-electron chi connectivity index (χ4n) is 1.69. The third kappa shape index (κ3) is 3.36. The third-order valence-electron chi connectivity index (χ3n) is 2.67. The standard InChI is InChI=1S/C13H7Cl3F3NO/c1-21-12-8(2-6(5-20-12)13(17,18)19)7-3-10(15)11(16)4-9(7)14/h2-5H,1H3. The number of aromatic nitrogens is 1. The fourth-order valence-corrected chi connectivity index (χ4v) is 2.34. The van der Waals surface area contributed by atoms with Crippen molar-refractivity contribution < 1.29 is 17.9 Å². The lowest BCUT2D eigenvalue weighted by atomic mass is 10.0. The molecule has 0 aliphatic carbocycles.